The molecule has 0 saturated heterocycles. The second-order valence-corrected chi connectivity index (χ2v) is 4.50. The second-order valence-electron chi connectivity index (χ2n) is 3.71. The molecule has 0 unspecified atom stereocenters. The summed E-state index contributed by atoms with van der Waals surface area (Å²) in [6.07, 6.45) is 0. The zero-order valence-corrected chi connectivity index (χ0v) is 11.4. The molecule has 0 saturated carbocycles. The fourth-order valence-corrected chi connectivity index (χ4v) is 1.76. The lowest BCUT2D eigenvalue weighted by Gasteiger charge is -2.07. The normalized spacial score (nSPS) is 10.3. The molecule has 2 rings (SSSR count). The Morgan fingerprint density at radius 2 is 1.89 bits per heavy atom. The van der Waals surface area contributed by atoms with Crippen LogP contribution < -0.4 is 4.74 Å². The first-order valence-electron chi connectivity index (χ1n) is 5.63. The van der Waals surface area contributed by atoms with Crippen LogP contribution in [0.1, 0.15) is 0 Å². The van der Waals surface area contributed by atoms with Crippen LogP contribution >= 0.6 is 15.9 Å². The summed E-state index contributed by atoms with van der Waals surface area (Å²) < 4.78 is 10.3. The van der Waals surface area contributed by atoms with Gasteiger partial charge in [-0.05, 0) is 22.9 Å². The number of halogens is 1. The number of carbonyl (C=O) groups excluding carboxylic acids is 1. The van der Waals surface area contributed by atoms with Crippen molar-refractivity contribution in [1.29, 1.82) is 0 Å². The van der Waals surface area contributed by atoms with Crippen molar-refractivity contribution in [2.75, 3.05) is 18.5 Å². The molecule has 0 bridgehead atoms. The minimum Gasteiger partial charge on any atom is -0.482 e. The summed E-state index contributed by atoms with van der Waals surface area (Å²) in [6.45, 7) is 0.297. The van der Waals surface area contributed by atoms with Crippen LogP contribution in [0.5, 0.6) is 5.75 Å². The van der Waals surface area contributed by atoms with E-state index in [9.17, 15) is 4.79 Å². The number of alkyl halides is 1. The zero-order chi connectivity index (χ0) is 12.8. The molecule has 2 aromatic carbocycles. The van der Waals surface area contributed by atoms with Gasteiger partial charge in [0, 0.05) is 5.33 Å². The molecule has 4 heteroatoms. The number of fused-ring (bicyclic) bond motifs is 1. The van der Waals surface area contributed by atoms with E-state index in [1.54, 1.807) is 0 Å². The van der Waals surface area contributed by atoms with Crippen LogP contribution in [0, 0.1) is 0 Å². The van der Waals surface area contributed by atoms with Crippen molar-refractivity contribution < 1.29 is 14.3 Å². The van der Waals surface area contributed by atoms with Crippen LogP contribution in [-0.2, 0) is 9.53 Å². The number of rotatable bonds is 5. The summed E-state index contributed by atoms with van der Waals surface area (Å²) in [7, 11) is 0. The summed E-state index contributed by atoms with van der Waals surface area (Å²) in [6, 6.07) is 13.7. The number of hydrogen-bond donors (Lipinski definition) is 0. The molecule has 0 amide bonds. The number of hydrogen-bond acceptors (Lipinski definition) is 3. The predicted octanol–water partition coefficient (Wildman–Crippen LogP) is 3.16. The molecule has 3 nitrogen and oxygen atoms in total. The lowest BCUT2D eigenvalue weighted by molar-refractivity contribution is -0.145. The van der Waals surface area contributed by atoms with Crippen LogP contribution in [0.15, 0.2) is 42.5 Å². The van der Waals surface area contributed by atoms with Crippen molar-refractivity contribution >= 4 is 32.7 Å². The van der Waals surface area contributed by atoms with Gasteiger partial charge < -0.3 is 9.47 Å². The lowest BCUT2D eigenvalue weighted by atomic mass is 10.1. The molecular formula is C14H13BrO3. The average Bonchev–Trinajstić information content (AvgIpc) is 2.42. The van der Waals surface area contributed by atoms with Crippen molar-refractivity contribution in [3.63, 3.8) is 0 Å². The van der Waals surface area contributed by atoms with Gasteiger partial charge in [-0.2, -0.15) is 0 Å². The molecule has 18 heavy (non-hydrogen) atoms. The summed E-state index contributed by atoms with van der Waals surface area (Å²) in [5.74, 6) is 0.312. The highest BCUT2D eigenvalue weighted by Gasteiger charge is 2.04. The van der Waals surface area contributed by atoms with Gasteiger partial charge in [-0.25, -0.2) is 4.79 Å². The highest BCUT2D eigenvalue weighted by Crippen LogP contribution is 2.20. The minimum absolute atomic E-state index is 0.0641. The molecule has 0 atom stereocenters. The van der Waals surface area contributed by atoms with Gasteiger partial charge in [-0.3, -0.25) is 0 Å². The molecule has 0 fully saturated rings. The van der Waals surface area contributed by atoms with Gasteiger partial charge in [-0.1, -0.05) is 46.3 Å². The molecule has 0 aliphatic rings. The van der Waals surface area contributed by atoms with Gasteiger partial charge in [0.2, 0.25) is 0 Å². The standard InChI is InChI=1S/C14H13BrO3/c15-7-8-17-14(16)10-18-13-6-5-11-3-1-2-4-12(11)9-13/h1-6,9H,7-8,10H2. The largest absolute Gasteiger partial charge is 0.482 e. The Hall–Kier alpha value is -1.55. The summed E-state index contributed by atoms with van der Waals surface area (Å²) >= 11 is 3.18. The van der Waals surface area contributed by atoms with Gasteiger partial charge in [0.15, 0.2) is 6.61 Å². The van der Waals surface area contributed by atoms with Crippen LogP contribution in [0.3, 0.4) is 0 Å². The first kappa shape index (κ1) is 12.9. The number of esters is 1. The minimum atomic E-state index is -0.359. The predicted molar refractivity (Wildman–Crippen MR) is 74.2 cm³/mol. The quantitative estimate of drug-likeness (QED) is 0.629. The Kier molecular flexibility index (Phi) is 4.59. The van der Waals surface area contributed by atoms with Crippen molar-refractivity contribution in [3.05, 3.63) is 42.5 Å². The van der Waals surface area contributed by atoms with Gasteiger partial charge in [0.05, 0.1) is 0 Å². The summed E-state index contributed by atoms with van der Waals surface area (Å²) in [5, 5.41) is 2.87. The first-order valence-corrected chi connectivity index (χ1v) is 6.75. The van der Waals surface area contributed by atoms with Gasteiger partial charge in [-0.15, -0.1) is 0 Å². The highest BCUT2D eigenvalue weighted by molar-refractivity contribution is 9.09. The lowest BCUT2D eigenvalue weighted by Crippen LogP contribution is -2.15. The Bertz CT molecular complexity index is 539. The van der Waals surface area contributed by atoms with Crippen molar-refractivity contribution in [2.45, 2.75) is 0 Å². The van der Waals surface area contributed by atoms with Crippen molar-refractivity contribution in [3.8, 4) is 5.75 Å². The molecule has 0 radical (unpaired) electrons. The molecule has 0 spiro atoms. The van der Waals surface area contributed by atoms with E-state index in [0.717, 1.165) is 10.8 Å². The maximum Gasteiger partial charge on any atom is 0.344 e. The van der Waals surface area contributed by atoms with Crippen LogP contribution in [0.25, 0.3) is 10.8 Å². The van der Waals surface area contributed by atoms with E-state index in [2.05, 4.69) is 15.9 Å². The van der Waals surface area contributed by atoms with Crippen molar-refractivity contribution in [1.82, 2.24) is 0 Å². The molecule has 94 valence electrons. The third-order valence-electron chi connectivity index (χ3n) is 2.42. The molecule has 0 N–H and O–H groups in total. The molecule has 0 aliphatic heterocycles. The Labute approximate surface area is 114 Å². The van der Waals surface area contributed by atoms with E-state index >= 15 is 0 Å². The first-order chi connectivity index (χ1) is 8.79. The summed E-state index contributed by atoms with van der Waals surface area (Å²) in [4.78, 5) is 11.3. The second kappa shape index (κ2) is 6.40. The van der Waals surface area contributed by atoms with Crippen LogP contribution in [0.4, 0.5) is 0 Å². The van der Waals surface area contributed by atoms with Gasteiger partial charge >= 0.3 is 5.97 Å². The fourth-order valence-electron chi connectivity index (χ4n) is 1.59. The zero-order valence-electron chi connectivity index (χ0n) is 9.77. The summed E-state index contributed by atoms with van der Waals surface area (Å²) in [5.41, 5.74) is 0. The van der Waals surface area contributed by atoms with E-state index in [1.807, 2.05) is 42.5 Å². The van der Waals surface area contributed by atoms with Gasteiger partial charge in [0.25, 0.3) is 0 Å². The SMILES string of the molecule is O=C(COc1ccc2ccccc2c1)OCCBr. The van der Waals surface area contributed by atoms with E-state index in [-0.39, 0.29) is 12.6 Å². The third-order valence-corrected chi connectivity index (χ3v) is 2.74. The van der Waals surface area contributed by atoms with E-state index in [1.165, 1.54) is 0 Å². The monoisotopic (exact) mass is 308 g/mol. The van der Waals surface area contributed by atoms with Crippen molar-refractivity contribution in [2.24, 2.45) is 0 Å². The number of carbonyl (C=O) groups is 1. The van der Waals surface area contributed by atoms with Gasteiger partial charge in [0.1, 0.15) is 12.4 Å². The Morgan fingerprint density at radius 1 is 1.11 bits per heavy atom. The maximum absolute atomic E-state index is 11.3. The number of ether oxygens (including phenoxy) is 2. The Morgan fingerprint density at radius 3 is 2.67 bits per heavy atom. The average molecular weight is 309 g/mol. The fraction of sp³-hybridized carbons (Fsp3) is 0.214. The van der Waals surface area contributed by atoms with E-state index in [4.69, 9.17) is 9.47 Å². The molecule has 0 aromatic heterocycles. The Balaban J connectivity index is 1.97. The molecular weight excluding hydrogens is 296 g/mol. The topological polar surface area (TPSA) is 35.5 Å². The smallest absolute Gasteiger partial charge is 0.344 e. The third kappa shape index (κ3) is 3.47. The number of benzene rings is 2. The van der Waals surface area contributed by atoms with E-state index in [0.29, 0.717) is 17.7 Å². The van der Waals surface area contributed by atoms with Crippen LogP contribution in [0.2, 0.25) is 0 Å². The maximum atomic E-state index is 11.3. The van der Waals surface area contributed by atoms with Crippen LogP contribution in [-0.4, -0.2) is 24.5 Å². The highest BCUT2D eigenvalue weighted by atomic mass is 79.9. The molecule has 0 aliphatic carbocycles. The molecule has 0 heterocycles. The van der Waals surface area contributed by atoms with E-state index < -0.39 is 0 Å². The molecule has 2 aromatic rings.